The van der Waals surface area contributed by atoms with Crippen molar-refractivity contribution in [1.82, 2.24) is 19.8 Å². The molecule has 0 bridgehead atoms. The third-order valence-corrected chi connectivity index (χ3v) is 4.67. The van der Waals surface area contributed by atoms with Crippen molar-refractivity contribution in [2.75, 3.05) is 38.5 Å². The van der Waals surface area contributed by atoms with E-state index in [9.17, 15) is 4.79 Å². The van der Waals surface area contributed by atoms with E-state index >= 15 is 0 Å². The van der Waals surface area contributed by atoms with Crippen molar-refractivity contribution < 1.29 is 4.79 Å². The minimum Gasteiger partial charge on any atom is -0.340 e. The molecule has 1 aromatic heterocycles. The van der Waals surface area contributed by atoms with Gasteiger partial charge in [-0.25, -0.2) is 9.97 Å². The average molecular weight is 353 g/mol. The number of nitrogens with one attached hydrogen (secondary N) is 1. The normalized spacial score (nSPS) is 15.8. The van der Waals surface area contributed by atoms with Gasteiger partial charge in [-0.05, 0) is 24.1 Å². The molecule has 1 aliphatic rings. The molecule has 0 unspecified atom stereocenters. The maximum absolute atomic E-state index is 12.7. The third-order valence-electron chi connectivity index (χ3n) is 4.67. The van der Waals surface area contributed by atoms with E-state index in [1.54, 1.807) is 6.07 Å². The molecule has 1 aliphatic heterocycles. The molecule has 0 radical (unpaired) electrons. The molecule has 0 spiro atoms. The first kappa shape index (κ1) is 18.3. The summed E-state index contributed by atoms with van der Waals surface area (Å²) in [7, 11) is 2.07. The van der Waals surface area contributed by atoms with E-state index in [0.29, 0.717) is 11.5 Å². The average Bonchev–Trinajstić information content (AvgIpc) is 2.61. The molecule has 1 amide bonds. The van der Waals surface area contributed by atoms with Gasteiger partial charge in [0, 0.05) is 37.9 Å². The number of nitrogens with zero attached hydrogens (tertiary/aromatic N) is 4. The van der Waals surface area contributed by atoms with Crippen LogP contribution >= 0.6 is 0 Å². The van der Waals surface area contributed by atoms with Crippen LogP contribution in [0.3, 0.4) is 0 Å². The highest BCUT2D eigenvalue weighted by molar-refractivity contribution is 5.93. The lowest BCUT2D eigenvalue weighted by Gasteiger charge is -2.32. The van der Waals surface area contributed by atoms with E-state index in [4.69, 9.17) is 0 Å². The van der Waals surface area contributed by atoms with Gasteiger partial charge < -0.3 is 15.1 Å². The zero-order valence-electron chi connectivity index (χ0n) is 16.0. The van der Waals surface area contributed by atoms with Gasteiger partial charge >= 0.3 is 0 Å². The first-order valence-corrected chi connectivity index (χ1v) is 9.01. The summed E-state index contributed by atoms with van der Waals surface area (Å²) in [5.74, 6) is 0.599. The van der Waals surface area contributed by atoms with E-state index in [1.807, 2.05) is 23.1 Å². The Bertz CT molecular complexity index is 776. The Morgan fingerprint density at radius 2 is 1.77 bits per heavy atom. The lowest BCUT2D eigenvalue weighted by atomic mass is 9.86. The maximum atomic E-state index is 12.7. The number of carbonyl (C=O) groups excluding carboxylic acids is 1. The van der Waals surface area contributed by atoms with Gasteiger partial charge in [0.15, 0.2) is 0 Å². The molecule has 1 fully saturated rings. The van der Waals surface area contributed by atoms with Crippen molar-refractivity contribution in [2.24, 2.45) is 0 Å². The standard InChI is InChI=1S/C20H27N5O/c1-20(2,3)15-7-5-6-8-16(15)23-18-13-17(21-14-22-18)19(26)25-11-9-24(4)10-12-25/h5-8,13-14H,9-12H2,1-4H3,(H,21,22,23). The first-order chi connectivity index (χ1) is 12.3. The zero-order chi connectivity index (χ0) is 18.7. The lowest BCUT2D eigenvalue weighted by molar-refractivity contribution is 0.0658. The third kappa shape index (κ3) is 4.19. The van der Waals surface area contributed by atoms with Crippen LogP contribution in [0.25, 0.3) is 0 Å². The molecular weight excluding hydrogens is 326 g/mol. The second-order valence-corrected chi connectivity index (χ2v) is 7.80. The van der Waals surface area contributed by atoms with Gasteiger partial charge in [0.05, 0.1) is 0 Å². The Balaban J connectivity index is 1.79. The van der Waals surface area contributed by atoms with Crippen LogP contribution in [-0.2, 0) is 5.41 Å². The summed E-state index contributed by atoms with van der Waals surface area (Å²) in [4.78, 5) is 25.3. The second kappa shape index (κ2) is 7.41. The SMILES string of the molecule is CN1CCN(C(=O)c2cc(Nc3ccccc3C(C)(C)C)ncn2)CC1. The maximum Gasteiger partial charge on any atom is 0.272 e. The fraction of sp³-hybridized carbons (Fsp3) is 0.450. The van der Waals surface area contributed by atoms with E-state index in [2.05, 4.69) is 54.1 Å². The zero-order valence-corrected chi connectivity index (χ0v) is 16.0. The quantitative estimate of drug-likeness (QED) is 0.919. The number of anilines is 2. The molecule has 6 nitrogen and oxygen atoms in total. The Hall–Kier alpha value is -2.47. The number of amides is 1. The largest absolute Gasteiger partial charge is 0.340 e. The highest BCUT2D eigenvalue weighted by Crippen LogP contribution is 2.30. The minimum absolute atomic E-state index is 0.00903. The Morgan fingerprint density at radius 3 is 2.46 bits per heavy atom. The molecule has 2 heterocycles. The van der Waals surface area contributed by atoms with Crippen LogP contribution in [0.2, 0.25) is 0 Å². The molecule has 0 atom stereocenters. The van der Waals surface area contributed by atoms with Crippen LogP contribution in [0.1, 0.15) is 36.8 Å². The van der Waals surface area contributed by atoms with Crippen LogP contribution in [0.4, 0.5) is 11.5 Å². The van der Waals surface area contributed by atoms with Crippen molar-refractivity contribution in [3.8, 4) is 0 Å². The number of hydrogen-bond donors (Lipinski definition) is 1. The molecule has 1 N–H and O–H groups in total. The molecule has 3 rings (SSSR count). The topological polar surface area (TPSA) is 61.4 Å². The number of hydrogen-bond acceptors (Lipinski definition) is 5. The van der Waals surface area contributed by atoms with E-state index in [-0.39, 0.29) is 11.3 Å². The van der Waals surface area contributed by atoms with Gasteiger partial charge in [0.1, 0.15) is 17.8 Å². The Morgan fingerprint density at radius 1 is 1.08 bits per heavy atom. The molecule has 2 aromatic rings. The predicted octanol–water partition coefficient (Wildman–Crippen LogP) is 2.91. The first-order valence-electron chi connectivity index (χ1n) is 9.01. The van der Waals surface area contributed by atoms with Crippen molar-refractivity contribution in [2.45, 2.75) is 26.2 Å². The summed E-state index contributed by atoms with van der Waals surface area (Å²) in [6, 6.07) is 9.91. The van der Waals surface area contributed by atoms with E-state index in [0.717, 1.165) is 31.9 Å². The number of carbonyl (C=O) groups is 1. The number of aromatic nitrogens is 2. The van der Waals surface area contributed by atoms with Crippen LogP contribution in [0.15, 0.2) is 36.7 Å². The Labute approximate surface area is 155 Å². The fourth-order valence-electron chi connectivity index (χ4n) is 3.10. The van der Waals surface area contributed by atoms with Gasteiger partial charge in [-0.3, -0.25) is 4.79 Å². The molecule has 0 saturated carbocycles. The van der Waals surface area contributed by atoms with Gasteiger partial charge in [-0.15, -0.1) is 0 Å². The predicted molar refractivity (Wildman–Crippen MR) is 104 cm³/mol. The smallest absolute Gasteiger partial charge is 0.272 e. The second-order valence-electron chi connectivity index (χ2n) is 7.80. The molecule has 138 valence electrons. The lowest BCUT2D eigenvalue weighted by Crippen LogP contribution is -2.47. The van der Waals surface area contributed by atoms with E-state index < -0.39 is 0 Å². The van der Waals surface area contributed by atoms with Crippen molar-refractivity contribution in [3.63, 3.8) is 0 Å². The molecular formula is C20H27N5O. The molecule has 1 aromatic carbocycles. The number of rotatable bonds is 3. The summed E-state index contributed by atoms with van der Waals surface area (Å²) >= 11 is 0. The summed E-state index contributed by atoms with van der Waals surface area (Å²) in [5.41, 5.74) is 2.64. The van der Waals surface area contributed by atoms with Crippen molar-refractivity contribution in [3.05, 3.63) is 47.9 Å². The monoisotopic (exact) mass is 353 g/mol. The van der Waals surface area contributed by atoms with Crippen molar-refractivity contribution >= 4 is 17.4 Å². The summed E-state index contributed by atoms with van der Waals surface area (Å²) < 4.78 is 0. The molecule has 0 aliphatic carbocycles. The van der Waals surface area contributed by atoms with Gasteiger partial charge in [-0.2, -0.15) is 0 Å². The summed E-state index contributed by atoms with van der Waals surface area (Å²) in [6.07, 6.45) is 1.45. The Kier molecular flexibility index (Phi) is 5.23. The minimum atomic E-state index is -0.0346. The van der Waals surface area contributed by atoms with Gasteiger partial charge in [-0.1, -0.05) is 39.0 Å². The van der Waals surface area contributed by atoms with Crippen LogP contribution in [-0.4, -0.2) is 58.9 Å². The fourth-order valence-corrected chi connectivity index (χ4v) is 3.10. The van der Waals surface area contributed by atoms with Crippen LogP contribution in [0.5, 0.6) is 0 Å². The molecule has 6 heteroatoms. The summed E-state index contributed by atoms with van der Waals surface area (Å²) in [5, 5.41) is 3.35. The molecule has 1 saturated heterocycles. The molecule has 26 heavy (non-hydrogen) atoms. The number of benzene rings is 1. The number of para-hydroxylation sites is 1. The number of likely N-dealkylation sites (N-methyl/N-ethyl adjacent to an activating group) is 1. The van der Waals surface area contributed by atoms with Crippen LogP contribution < -0.4 is 5.32 Å². The number of piperazine rings is 1. The van der Waals surface area contributed by atoms with Gasteiger partial charge in [0.2, 0.25) is 0 Å². The van der Waals surface area contributed by atoms with Crippen molar-refractivity contribution in [1.29, 1.82) is 0 Å². The van der Waals surface area contributed by atoms with E-state index in [1.165, 1.54) is 11.9 Å². The highest BCUT2D eigenvalue weighted by atomic mass is 16.2. The van der Waals surface area contributed by atoms with Crippen LogP contribution in [0, 0.1) is 0 Å². The van der Waals surface area contributed by atoms with Gasteiger partial charge in [0.25, 0.3) is 5.91 Å². The summed E-state index contributed by atoms with van der Waals surface area (Å²) in [6.45, 7) is 9.77. The highest BCUT2D eigenvalue weighted by Gasteiger charge is 2.22.